The van der Waals surface area contributed by atoms with Gasteiger partial charge in [-0.3, -0.25) is 10.1 Å². The summed E-state index contributed by atoms with van der Waals surface area (Å²) in [6, 6.07) is 10.5. The predicted octanol–water partition coefficient (Wildman–Crippen LogP) is 2.26. The van der Waals surface area contributed by atoms with Gasteiger partial charge in [0.05, 0.1) is 19.1 Å². The molecule has 1 N–H and O–H groups in total. The molecule has 0 aliphatic heterocycles. The van der Waals surface area contributed by atoms with Crippen molar-refractivity contribution < 1.29 is 27.1 Å². The summed E-state index contributed by atoms with van der Waals surface area (Å²) in [4.78, 5) is 12.5. The zero-order chi connectivity index (χ0) is 21.9. The number of anilines is 1. The first-order chi connectivity index (χ1) is 14.2. The summed E-state index contributed by atoms with van der Waals surface area (Å²) in [5.41, 5.74) is 0.785. The number of rotatable bonds is 7. The van der Waals surface area contributed by atoms with Crippen LogP contribution in [-0.4, -0.2) is 57.1 Å². The number of carbonyl (C=O) groups excluding carboxylic acids is 1. The Morgan fingerprint density at radius 3 is 2.13 bits per heavy atom. The lowest BCUT2D eigenvalue weighted by atomic mass is 10.2. The maximum Gasteiger partial charge on any atom is 0.322 e. The number of ether oxygens (including phenoxy) is 2. The van der Waals surface area contributed by atoms with E-state index in [9.17, 15) is 13.2 Å². The van der Waals surface area contributed by atoms with Crippen molar-refractivity contribution in [2.45, 2.75) is 4.90 Å². The SMILES string of the molecule is COc1cc(OC)cc(-c2nnc(NC(=O)c3ccc(S(=O)(=O)N(C)C)cc3)o2)c1. The molecule has 0 saturated carbocycles. The molecule has 30 heavy (non-hydrogen) atoms. The minimum atomic E-state index is -3.58. The second-order valence-electron chi connectivity index (χ2n) is 6.28. The van der Waals surface area contributed by atoms with Crippen molar-refractivity contribution in [3.63, 3.8) is 0 Å². The highest BCUT2D eigenvalue weighted by molar-refractivity contribution is 7.89. The van der Waals surface area contributed by atoms with Crippen LogP contribution in [0, 0.1) is 0 Å². The normalized spacial score (nSPS) is 11.4. The van der Waals surface area contributed by atoms with Crippen molar-refractivity contribution in [2.75, 3.05) is 33.6 Å². The van der Waals surface area contributed by atoms with Crippen molar-refractivity contribution in [3.05, 3.63) is 48.0 Å². The summed E-state index contributed by atoms with van der Waals surface area (Å²) < 4.78 is 41.2. The molecule has 10 nitrogen and oxygen atoms in total. The third kappa shape index (κ3) is 4.42. The molecule has 1 amide bonds. The van der Waals surface area contributed by atoms with E-state index in [1.54, 1.807) is 18.2 Å². The number of amides is 1. The molecule has 158 valence electrons. The van der Waals surface area contributed by atoms with Gasteiger partial charge in [-0.15, -0.1) is 5.10 Å². The van der Waals surface area contributed by atoms with Crippen molar-refractivity contribution in [1.82, 2.24) is 14.5 Å². The molecule has 0 aliphatic carbocycles. The van der Waals surface area contributed by atoms with Crippen molar-refractivity contribution in [2.24, 2.45) is 0 Å². The lowest BCUT2D eigenvalue weighted by Crippen LogP contribution is -2.22. The van der Waals surface area contributed by atoms with Gasteiger partial charge in [0.15, 0.2) is 0 Å². The zero-order valence-corrected chi connectivity index (χ0v) is 17.6. The fourth-order valence-corrected chi connectivity index (χ4v) is 3.38. The van der Waals surface area contributed by atoms with Crippen LogP contribution in [0.25, 0.3) is 11.5 Å². The van der Waals surface area contributed by atoms with Gasteiger partial charge in [-0.2, -0.15) is 0 Å². The third-order valence-corrected chi connectivity index (χ3v) is 5.97. The summed E-state index contributed by atoms with van der Waals surface area (Å²) in [5.74, 6) is 0.721. The smallest absolute Gasteiger partial charge is 0.322 e. The van der Waals surface area contributed by atoms with E-state index in [0.29, 0.717) is 17.1 Å². The molecule has 0 atom stereocenters. The van der Waals surface area contributed by atoms with Crippen LogP contribution in [0.1, 0.15) is 10.4 Å². The van der Waals surface area contributed by atoms with Crippen LogP contribution in [0.4, 0.5) is 6.01 Å². The number of nitrogens with one attached hydrogen (secondary N) is 1. The number of sulfonamides is 1. The van der Waals surface area contributed by atoms with E-state index >= 15 is 0 Å². The standard InChI is InChI=1S/C19H20N4O6S/c1-23(2)30(25,26)16-7-5-12(6-8-16)17(24)20-19-22-21-18(29-19)13-9-14(27-3)11-15(10-13)28-4/h5-11H,1-4H3,(H,20,22,24). The topological polar surface area (TPSA) is 124 Å². The van der Waals surface area contributed by atoms with Crippen LogP contribution in [0.15, 0.2) is 51.8 Å². The van der Waals surface area contributed by atoms with E-state index in [-0.39, 0.29) is 22.4 Å². The Kier molecular flexibility index (Phi) is 6.04. The van der Waals surface area contributed by atoms with Crippen LogP contribution in [0.2, 0.25) is 0 Å². The van der Waals surface area contributed by atoms with Crippen LogP contribution < -0.4 is 14.8 Å². The number of nitrogens with zero attached hydrogens (tertiary/aromatic N) is 3. The quantitative estimate of drug-likeness (QED) is 0.603. The third-order valence-electron chi connectivity index (χ3n) is 4.14. The maximum absolute atomic E-state index is 12.4. The summed E-state index contributed by atoms with van der Waals surface area (Å²) >= 11 is 0. The highest BCUT2D eigenvalue weighted by atomic mass is 32.2. The van der Waals surface area contributed by atoms with E-state index in [0.717, 1.165) is 4.31 Å². The Morgan fingerprint density at radius 1 is 1.00 bits per heavy atom. The molecular weight excluding hydrogens is 412 g/mol. The molecule has 0 fully saturated rings. The van der Waals surface area contributed by atoms with Gasteiger partial charge >= 0.3 is 6.01 Å². The molecular formula is C19H20N4O6S. The number of carbonyl (C=O) groups is 1. The number of aromatic nitrogens is 2. The van der Waals surface area contributed by atoms with E-state index < -0.39 is 15.9 Å². The minimum absolute atomic E-state index is 0.0797. The average Bonchev–Trinajstić information content (AvgIpc) is 3.21. The van der Waals surface area contributed by atoms with Gasteiger partial charge < -0.3 is 13.9 Å². The van der Waals surface area contributed by atoms with E-state index in [4.69, 9.17) is 13.9 Å². The Bertz CT molecular complexity index is 1130. The first kappa shape index (κ1) is 21.3. The highest BCUT2D eigenvalue weighted by Gasteiger charge is 2.18. The number of methoxy groups -OCH3 is 2. The predicted molar refractivity (Wildman–Crippen MR) is 108 cm³/mol. The van der Waals surface area contributed by atoms with E-state index in [2.05, 4.69) is 15.5 Å². The van der Waals surface area contributed by atoms with Gasteiger partial charge in [-0.05, 0) is 36.4 Å². The fraction of sp³-hybridized carbons (Fsp3) is 0.211. The second kappa shape index (κ2) is 8.51. The number of hydrogen-bond donors (Lipinski definition) is 1. The minimum Gasteiger partial charge on any atom is -0.497 e. The Morgan fingerprint density at radius 2 is 1.60 bits per heavy atom. The van der Waals surface area contributed by atoms with Crippen molar-refractivity contribution in [1.29, 1.82) is 0 Å². The molecule has 0 bridgehead atoms. The first-order valence-corrected chi connectivity index (χ1v) is 10.1. The van der Waals surface area contributed by atoms with Gasteiger partial charge in [0.25, 0.3) is 5.91 Å². The number of hydrogen-bond acceptors (Lipinski definition) is 8. The highest BCUT2D eigenvalue weighted by Crippen LogP contribution is 2.29. The molecule has 0 unspecified atom stereocenters. The molecule has 2 aromatic carbocycles. The molecule has 1 heterocycles. The van der Waals surface area contributed by atoms with Crippen LogP contribution >= 0.6 is 0 Å². The molecule has 11 heteroatoms. The largest absolute Gasteiger partial charge is 0.497 e. The summed E-state index contributed by atoms with van der Waals surface area (Å²) in [7, 11) is 2.33. The van der Waals surface area contributed by atoms with E-state index in [1.165, 1.54) is 52.6 Å². The molecule has 3 aromatic rings. The van der Waals surface area contributed by atoms with E-state index in [1.807, 2.05) is 0 Å². The lowest BCUT2D eigenvalue weighted by Gasteiger charge is -2.11. The van der Waals surface area contributed by atoms with Gasteiger partial charge in [-0.1, -0.05) is 5.10 Å². The molecule has 3 rings (SSSR count). The van der Waals surface area contributed by atoms with Crippen molar-refractivity contribution >= 4 is 21.9 Å². The number of benzene rings is 2. The molecule has 0 saturated heterocycles. The Balaban J connectivity index is 1.77. The molecule has 0 spiro atoms. The summed E-state index contributed by atoms with van der Waals surface area (Å²) in [5, 5.41) is 10.2. The average molecular weight is 432 g/mol. The maximum atomic E-state index is 12.4. The fourth-order valence-electron chi connectivity index (χ4n) is 2.48. The van der Waals surface area contributed by atoms with Crippen LogP contribution in [0.5, 0.6) is 11.5 Å². The monoisotopic (exact) mass is 432 g/mol. The molecule has 0 radical (unpaired) electrons. The van der Waals surface area contributed by atoms with Gasteiger partial charge in [0.1, 0.15) is 11.5 Å². The van der Waals surface area contributed by atoms with Gasteiger partial charge in [-0.25, -0.2) is 12.7 Å². The Hall–Kier alpha value is -3.44. The van der Waals surface area contributed by atoms with Crippen LogP contribution in [0.3, 0.4) is 0 Å². The zero-order valence-electron chi connectivity index (χ0n) is 16.7. The van der Waals surface area contributed by atoms with Gasteiger partial charge in [0, 0.05) is 31.3 Å². The lowest BCUT2D eigenvalue weighted by molar-refractivity contribution is 0.102. The molecule has 0 aliphatic rings. The summed E-state index contributed by atoms with van der Waals surface area (Å²) in [6.07, 6.45) is 0. The summed E-state index contributed by atoms with van der Waals surface area (Å²) in [6.45, 7) is 0. The van der Waals surface area contributed by atoms with Crippen LogP contribution in [-0.2, 0) is 10.0 Å². The second-order valence-corrected chi connectivity index (χ2v) is 8.43. The first-order valence-electron chi connectivity index (χ1n) is 8.65. The van der Waals surface area contributed by atoms with Gasteiger partial charge in [0.2, 0.25) is 15.9 Å². The molecule has 1 aromatic heterocycles. The Labute approximate surface area is 173 Å². The van der Waals surface area contributed by atoms with Crippen molar-refractivity contribution in [3.8, 4) is 23.0 Å².